The van der Waals surface area contributed by atoms with Gasteiger partial charge in [0, 0.05) is 10.6 Å². The predicted octanol–water partition coefficient (Wildman–Crippen LogP) is 4.80. The molecule has 30 heavy (non-hydrogen) atoms. The maximum atomic E-state index is 12.6. The Morgan fingerprint density at radius 3 is 2.17 bits per heavy atom. The first-order valence-corrected chi connectivity index (χ1v) is 11.7. The van der Waals surface area contributed by atoms with Crippen LogP contribution < -0.4 is 9.62 Å². The third kappa shape index (κ3) is 5.40. The lowest BCUT2D eigenvalue weighted by molar-refractivity contribution is 0.0940. The van der Waals surface area contributed by atoms with E-state index in [0.29, 0.717) is 21.8 Å². The number of amides is 1. The summed E-state index contributed by atoms with van der Waals surface area (Å²) >= 11 is 6.20. The van der Waals surface area contributed by atoms with Crippen LogP contribution in [0.2, 0.25) is 5.02 Å². The lowest BCUT2D eigenvalue weighted by atomic mass is 10.1. The van der Waals surface area contributed by atoms with Crippen LogP contribution in [0.1, 0.15) is 34.5 Å². The molecule has 0 fully saturated rings. The second-order valence-electron chi connectivity index (χ2n) is 7.01. The Kier molecular flexibility index (Phi) is 6.80. The van der Waals surface area contributed by atoms with Crippen molar-refractivity contribution >= 4 is 33.2 Å². The second kappa shape index (κ2) is 9.32. The summed E-state index contributed by atoms with van der Waals surface area (Å²) in [6.45, 7) is 2.02. The Hall–Kier alpha value is -2.83. The number of hydrogen-bond acceptors (Lipinski definition) is 3. The number of benzene rings is 3. The van der Waals surface area contributed by atoms with Crippen LogP contribution in [0, 0.1) is 0 Å². The van der Waals surface area contributed by atoms with Gasteiger partial charge >= 0.3 is 0 Å². The van der Waals surface area contributed by atoms with Gasteiger partial charge in [-0.15, -0.1) is 0 Å². The number of sulfonamides is 1. The van der Waals surface area contributed by atoms with Crippen molar-refractivity contribution in [3.8, 4) is 0 Å². The Labute approximate surface area is 182 Å². The van der Waals surface area contributed by atoms with Crippen LogP contribution in [0.4, 0.5) is 5.69 Å². The summed E-state index contributed by atoms with van der Waals surface area (Å²) in [5.41, 5.74) is 2.62. The van der Waals surface area contributed by atoms with E-state index in [0.717, 1.165) is 11.8 Å². The molecule has 1 amide bonds. The first-order chi connectivity index (χ1) is 14.3. The van der Waals surface area contributed by atoms with Gasteiger partial charge in [-0.1, -0.05) is 60.1 Å². The van der Waals surface area contributed by atoms with Crippen molar-refractivity contribution in [2.45, 2.75) is 19.5 Å². The van der Waals surface area contributed by atoms with Crippen LogP contribution in [0.15, 0.2) is 78.9 Å². The molecule has 0 saturated heterocycles. The van der Waals surface area contributed by atoms with Crippen molar-refractivity contribution in [3.63, 3.8) is 0 Å². The van der Waals surface area contributed by atoms with E-state index >= 15 is 0 Å². The first kappa shape index (κ1) is 21.9. The Bertz CT molecular complexity index is 1120. The summed E-state index contributed by atoms with van der Waals surface area (Å²) in [5, 5.41) is 3.45. The van der Waals surface area contributed by atoms with E-state index in [1.54, 1.807) is 42.5 Å². The van der Waals surface area contributed by atoms with Crippen LogP contribution in [0.5, 0.6) is 0 Å². The number of halogens is 1. The molecule has 0 aliphatic heterocycles. The first-order valence-electron chi connectivity index (χ1n) is 9.42. The molecule has 1 atom stereocenters. The number of anilines is 1. The molecule has 5 nitrogen and oxygen atoms in total. The Balaban J connectivity index is 1.78. The van der Waals surface area contributed by atoms with Gasteiger partial charge in [0.15, 0.2) is 0 Å². The lowest BCUT2D eigenvalue weighted by Crippen LogP contribution is -2.30. The molecule has 3 aromatic carbocycles. The molecule has 0 saturated carbocycles. The molecular weight excluding hydrogens is 420 g/mol. The number of nitrogens with one attached hydrogen (secondary N) is 1. The van der Waals surface area contributed by atoms with Gasteiger partial charge in [-0.2, -0.15) is 0 Å². The van der Waals surface area contributed by atoms with Crippen LogP contribution in [0.25, 0.3) is 0 Å². The molecule has 7 heteroatoms. The van der Waals surface area contributed by atoms with E-state index in [1.807, 2.05) is 43.3 Å². The van der Waals surface area contributed by atoms with Gasteiger partial charge in [0.25, 0.3) is 5.91 Å². The molecular formula is C23H23ClN2O3S. The minimum atomic E-state index is -3.55. The zero-order valence-corrected chi connectivity index (χ0v) is 18.3. The van der Waals surface area contributed by atoms with E-state index in [1.165, 1.54) is 4.31 Å². The van der Waals surface area contributed by atoms with Crippen molar-refractivity contribution in [1.82, 2.24) is 5.32 Å². The monoisotopic (exact) mass is 442 g/mol. The van der Waals surface area contributed by atoms with Gasteiger partial charge in [-0.25, -0.2) is 8.42 Å². The van der Waals surface area contributed by atoms with Crippen molar-refractivity contribution in [3.05, 3.63) is 101 Å². The van der Waals surface area contributed by atoms with Gasteiger partial charge in [-0.05, 0) is 48.4 Å². The number of carbonyl (C=O) groups excluding carboxylic acids is 1. The molecule has 0 heterocycles. The van der Waals surface area contributed by atoms with Crippen LogP contribution in [-0.2, 0) is 16.6 Å². The molecule has 3 rings (SSSR count). The van der Waals surface area contributed by atoms with E-state index in [-0.39, 0.29) is 18.5 Å². The average molecular weight is 443 g/mol. The Morgan fingerprint density at radius 2 is 1.57 bits per heavy atom. The minimum Gasteiger partial charge on any atom is -0.346 e. The topological polar surface area (TPSA) is 66.5 Å². The zero-order valence-electron chi connectivity index (χ0n) is 16.7. The predicted molar refractivity (Wildman–Crippen MR) is 121 cm³/mol. The van der Waals surface area contributed by atoms with E-state index in [4.69, 9.17) is 11.6 Å². The fraction of sp³-hybridized carbons (Fsp3) is 0.174. The average Bonchev–Trinajstić information content (AvgIpc) is 2.73. The second-order valence-corrected chi connectivity index (χ2v) is 9.33. The van der Waals surface area contributed by atoms with Crippen molar-refractivity contribution in [2.24, 2.45) is 0 Å². The van der Waals surface area contributed by atoms with E-state index < -0.39 is 10.0 Å². The highest BCUT2D eigenvalue weighted by Crippen LogP contribution is 2.24. The van der Waals surface area contributed by atoms with Gasteiger partial charge in [-0.3, -0.25) is 9.10 Å². The highest BCUT2D eigenvalue weighted by molar-refractivity contribution is 7.92. The molecule has 0 radical (unpaired) electrons. The lowest BCUT2D eigenvalue weighted by Gasteiger charge is -2.23. The molecule has 0 bridgehead atoms. The maximum absolute atomic E-state index is 12.6. The van der Waals surface area contributed by atoms with Crippen molar-refractivity contribution < 1.29 is 13.2 Å². The van der Waals surface area contributed by atoms with Crippen molar-refractivity contribution in [2.75, 3.05) is 10.6 Å². The SMILES string of the molecule is C[C@@H](NC(=O)c1ccc(N(Cc2ccccc2Cl)S(C)(=O)=O)cc1)c1ccccc1. The molecule has 0 aliphatic carbocycles. The van der Waals surface area contributed by atoms with E-state index in [2.05, 4.69) is 5.32 Å². The number of carbonyl (C=O) groups is 1. The molecule has 156 valence electrons. The van der Waals surface area contributed by atoms with Crippen LogP contribution >= 0.6 is 11.6 Å². The van der Waals surface area contributed by atoms with Gasteiger partial charge < -0.3 is 5.32 Å². The minimum absolute atomic E-state index is 0.106. The largest absolute Gasteiger partial charge is 0.346 e. The molecule has 0 aliphatic rings. The summed E-state index contributed by atoms with van der Waals surface area (Å²) in [6.07, 6.45) is 1.14. The van der Waals surface area contributed by atoms with Crippen LogP contribution in [0.3, 0.4) is 0 Å². The smallest absolute Gasteiger partial charge is 0.251 e. The summed E-state index contributed by atoms with van der Waals surface area (Å²) < 4.78 is 26.0. The van der Waals surface area contributed by atoms with Crippen molar-refractivity contribution in [1.29, 1.82) is 0 Å². The van der Waals surface area contributed by atoms with Gasteiger partial charge in [0.2, 0.25) is 10.0 Å². The quantitative estimate of drug-likeness (QED) is 0.571. The van der Waals surface area contributed by atoms with Gasteiger partial charge in [0.1, 0.15) is 0 Å². The molecule has 0 aromatic heterocycles. The summed E-state index contributed by atoms with van der Waals surface area (Å²) in [6, 6.07) is 23.1. The fourth-order valence-corrected chi connectivity index (χ4v) is 4.14. The normalized spacial score (nSPS) is 12.2. The molecule has 0 spiro atoms. The number of rotatable bonds is 7. The zero-order chi connectivity index (χ0) is 21.7. The fourth-order valence-electron chi connectivity index (χ4n) is 3.07. The number of hydrogen-bond donors (Lipinski definition) is 1. The Morgan fingerprint density at radius 1 is 0.967 bits per heavy atom. The van der Waals surface area contributed by atoms with Crippen LogP contribution in [-0.4, -0.2) is 20.6 Å². The third-order valence-electron chi connectivity index (χ3n) is 4.74. The van der Waals surface area contributed by atoms with Gasteiger partial charge in [0.05, 0.1) is 24.5 Å². The van der Waals surface area contributed by atoms with E-state index in [9.17, 15) is 13.2 Å². The summed E-state index contributed by atoms with van der Waals surface area (Å²) in [5.74, 6) is -0.227. The number of nitrogens with zero attached hydrogens (tertiary/aromatic N) is 1. The molecule has 0 unspecified atom stereocenters. The maximum Gasteiger partial charge on any atom is 0.251 e. The third-order valence-corrected chi connectivity index (χ3v) is 6.25. The highest BCUT2D eigenvalue weighted by atomic mass is 35.5. The standard InChI is InChI=1S/C23H23ClN2O3S/c1-17(18-8-4-3-5-9-18)25-23(27)19-12-14-21(15-13-19)26(30(2,28)29)16-20-10-6-7-11-22(20)24/h3-15,17H,16H2,1-2H3,(H,25,27)/t17-/m1/s1. The highest BCUT2D eigenvalue weighted by Gasteiger charge is 2.20. The molecule has 3 aromatic rings. The summed E-state index contributed by atoms with van der Waals surface area (Å²) in [4.78, 5) is 12.6. The summed E-state index contributed by atoms with van der Waals surface area (Å²) in [7, 11) is -3.55. The molecule has 1 N–H and O–H groups in total.